The fourth-order valence-corrected chi connectivity index (χ4v) is 3.81. The quantitative estimate of drug-likeness (QED) is 0.905. The number of nitrogens with one attached hydrogen (secondary N) is 1. The first-order valence-electron chi connectivity index (χ1n) is 8.71. The Balaban J connectivity index is 1.69. The molecule has 1 heterocycles. The highest BCUT2D eigenvalue weighted by molar-refractivity contribution is 5.93. The summed E-state index contributed by atoms with van der Waals surface area (Å²) >= 11 is 0. The van der Waals surface area contributed by atoms with Crippen LogP contribution in [0.2, 0.25) is 0 Å². The van der Waals surface area contributed by atoms with Crippen molar-refractivity contribution in [2.45, 2.75) is 39.7 Å². The van der Waals surface area contributed by atoms with Crippen molar-refractivity contribution < 1.29 is 4.79 Å². The van der Waals surface area contributed by atoms with E-state index in [0.717, 1.165) is 36.2 Å². The molecule has 1 fully saturated rings. The molecule has 2 aromatic carbocycles. The van der Waals surface area contributed by atoms with Crippen LogP contribution in [0.3, 0.4) is 0 Å². The third-order valence-electron chi connectivity index (χ3n) is 4.84. The van der Waals surface area contributed by atoms with Crippen molar-refractivity contribution in [3.63, 3.8) is 0 Å². The number of aryl methyl sites for hydroxylation is 3. The van der Waals surface area contributed by atoms with Crippen LogP contribution in [-0.2, 0) is 4.79 Å². The maximum Gasteiger partial charge on any atom is 0.238 e. The van der Waals surface area contributed by atoms with Gasteiger partial charge in [0.1, 0.15) is 0 Å². The zero-order chi connectivity index (χ0) is 17.1. The highest BCUT2D eigenvalue weighted by atomic mass is 16.2. The number of hydrogen-bond acceptors (Lipinski definition) is 2. The normalized spacial score (nSPS) is 17.9. The average Bonchev–Trinajstić information content (AvgIpc) is 3.00. The van der Waals surface area contributed by atoms with Gasteiger partial charge in [0.25, 0.3) is 0 Å². The van der Waals surface area contributed by atoms with Gasteiger partial charge < -0.3 is 5.32 Å². The highest BCUT2D eigenvalue weighted by Gasteiger charge is 2.27. The highest BCUT2D eigenvalue weighted by Crippen LogP contribution is 2.31. The van der Waals surface area contributed by atoms with Gasteiger partial charge in [-0.1, -0.05) is 48.0 Å². The monoisotopic (exact) mass is 322 g/mol. The van der Waals surface area contributed by atoms with Crippen molar-refractivity contribution >= 4 is 11.6 Å². The molecular weight excluding hydrogens is 296 g/mol. The van der Waals surface area contributed by atoms with E-state index >= 15 is 0 Å². The van der Waals surface area contributed by atoms with E-state index in [9.17, 15) is 4.79 Å². The van der Waals surface area contributed by atoms with E-state index in [2.05, 4.69) is 67.4 Å². The van der Waals surface area contributed by atoms with Crippen LogP contribution in [0, 0.1) is 20.8 Å². The van der Waals surface area contributed by atoms with Crippen LogP contribution < -0.4 is 5.32 Å². The lowest BCUT2D eigenvalue weighted by Crippen LogP contribution is -2.33. The molecule has 0 aliphatic carbocycles. The van der Waals surface area contributed by atoms with E-state index in [1.54, 1.807) is 0 Å². The largest absolute Gasteiger partial charge is 0.324 e. The molecule has 0 saturated carbocycles. The molecule has 1 N–H and O–H groups in total. The fraction of sp³-hybridized carbons (Fsp3) is 0.381. The minimum absolute atomic E-state index is 0.0767. The van der Waals surface area contributed by atoms with Gasteiger partial charge in [0, 0.05) is 11.7 Å². The molecule has 3 rings (SSSR count). The predicted octanol–water partition coefficient (Wildman–Crippen LogP) is 4.39. The van der Waals surface area contributed by atoms with Crippen LogP contribution in [0.15, 0.2) is 42.5 Å². The number of amides is 1. The number of carbonyl (C=O) groups is 1. The molecule has 1 aliphatic rings. The third-order valence-corrected chi connectivity index (χ3v) is 4.84. The minimum atomic E-state index is 0.0767. The zero-order valence-corrected chi connectivity index (χ0v) is 14.8. The second kappa shape index (κ2) is 7.18. The molecule has 1 unspecified atom stereocenters. The molecule has 1 saturated heterocycles. The second-order valence-electron chi connectivity index (χ2n) is 6.86. The van der Waals surface area contributed by atoms with Crippen molar-refractivity contribution in [1.29, 1.82) is 0 Å². The van der Waals surface area contributed by atoms with Gasteiger partial charge in [-0.25, -0.2) is 0 Å². The third kappa shape index (κ3) is 3.68. The Morgan fingerprint density at radius 3 is 2.46 bits per heavy atom. The van der Waals surface area contributed by atoms with Crippen molar-refractivity contribution in [1.82, 2.24) is 4.90 Å². The summed E-state index contributed by atoms with van der Waals surface area (Å²) in [6, 6.07) is 15.1. The molecule has 0 radical (unpaired) electrons. The number of carbonyl (C=O) groups excluding carboxylic acids is 1. The van der Waals surface area contributed by atoms with Crippen molar-refractivity contribution in [3.05, 3.63) is 64.7 Å². The number of anilines is 1. The van der Waals surface area contributed by atoms with Crippen LogP contribution in [-0.4, -0.2) is 23.9 Å². The van der Waals surface area contributed by atoms with Crippen molar-refractivity contribution in [2.75, 3.05) is 18.4 Å². The summed E-state index contributed by atoms with van der Waals surface area (Å²) in [6.07, 6.45) is 2.27. The van der Waals surface area contributed by atoms with E-state index in [0.29, 0.717) is 12.6 Å². The molecule has 2 aromatic rings. The maximum absolute atomic E-state index is 12.6. The first-order valence-corrected chi connectivity index (χ1v) is 8.71. The molecule has 1 amide bonds. The molecule has 3 nitrogen and oxygen atoms in total. The van der Waals surface area contributed by atoms with E-state index in [1.165, 1.54) is 11.1 Å². The standard InChI is InChI=1S/C21H26N2O/c1-15-12-16(2)21(17(3)13-15)22-20(24)14-23-11-7-10-19(23)18-8-5-4-6-9-18/h4-6,8-9,12-13,19H,7,10-11,14H2,1-3H3,(H,22,24). The van der Waals surface area contributed by atoms with Crippen LogP contribution >= 0.6 is 0 Å². The molecule has 126 valence electrons. The predicted molar refractivity (Wildman–Crippen MR) is 99.3 cm³/mol. The Morgan fingerprint density at radius 1 is 1.12 bits per heavy atom. The molecule has 1 atom stereocenters. The number of hydrogen-bond donors (Lipinski definition) is 1. The van der Waals surface area contributed by atoms with Crippen LogP contribution in [0.4, 0.5) is 5.69 Å². The summed E-state index contributed by atoms with van der Waals surface area (Å²) in [7, 11) is 0. The van der Waals surface area contributed by atoms with E-state index in [-0.39, 0.29) is 5.91 Å². The lowest BCUT2D eigenvalue weighted by Gasteiger charge is -2.24. The average molecular weight is 322 g/mol. The van der Waals surface area contributed by atoms with Gasteiger partial charge in [0.05, 0.1) is 6.54 Å². The maximum atomic E-state index is 12.6. The van der Waals surface area contributed by atoms with Crippen LogP contribution in [0.5, 0.6) is 0 Å². The summed E-state index contributed by atoms with van der Waals surface area (Å²) in [4.78, 5) is 14.9. The van der Waals surface area contributed by atoms with Crippen LogP contribution in [0.1, 0.15) is 41.1 Å². The lowest BCUT2D eigenvalue weighted by molar-refractivity contribution is -0.117. The van der Waals surface area contributed by atoms with Crippen molar-refractivity contribution in [2.24, 2.45) is 0 Å². The number of likely N-dealkylation sites (tertiary alicyclic amines) is 1. The van der Waals surface area contributed by atoms with Crippen molar-refractivity contribution in [3.8, 4) is 0 Å². The summed E-state index contributed by atoms with van der Waals surface area (Å²) in [6.45, 7) is 7.63. The van der Waals surface area contributed by atoms with E-state index < -0.39 is 0 Å². The first kappa shape index (κ1) is 16.7. The van der Waals surface area contributed by atoms with Gasteiger partial charge in [-0.15, -0.1) is 0 Å². The summed E-state index contributed by atoms with van der Waals surface area (Å²) in [5, 5.41) is 3.12. The molecular formula is C21H26N2O. The summed E-state index contributed by atoms with van der Waals surface area (Å²) < 4.78 is 0. The molecule has 1 aliphatic heterocycles. The SMILES string of the molecule is Cc1cc(C)c(NC(=O)CN2CCCC2c2ccccc2)c(C)c1. The Kier molecular flexibility index (Phi) is 5.00. The summed E-state index contributed by atoms with van der Waals surface area (Å²) in [5.74, 6) is 0.0767. The molecule has 24 heavy (non-hydrogen) atoms. The Morgan fingerprint density at radius 2 is 1.79 bits per heavy atom. The van der Waals surface area contributed by atoms with Gasteiger partial charge in [0.15, 0.2) is 0 Å². The van der Waals surface area contributed by atoms with E-state index in [1.807, 2.05) is 6.07 Å². The molecule has 0 aromatic heterocycles. The fourth-order valence-electron chi connectivity index (χ4n) is 3.81. The van der Waals surface area contributed by atoms with E-state index in [4.69, 9.17) is 0 Å². The summed E-state index contributed by atoms with van der Waals surface area (Å²) in [5.41, 5.74) is 5.75. The smallest absolute Gasteiger partial charge is 0.238 e. The van der Waals surface area contributed by atoms with Crippen LogP contribution in [0.25, 0.3) is 0 Å². The lowest BCUT2D eigenvalue weighted by atomic mass is 10.0. The Bertz CT molecular complexity index is 701. The second-order valence-corrected chi connectivity index (χ2v) is 6.86. The number of nitrogens with zero attached hydrogens (tertiary/aromatic N) is 1. The number of rotatable bonds is 4. The van der Waals surface area contributed by atoms with Gasteiger partial charge >= 0.3 is 0 Å². The minimum Gasteiger partial charge on any atom is -0.324 e. The first-order chi connectivity index (χ1) is 11.5. The molecule has 0 spiro atoms. The Hall–Kier alpha value is -2.13. The number of benzene rings is 2. The Labute approximate surface area is 144 Å². The molecule has 0 bridgehead atoms. The van der Waals surface area contributed by atoms with Gasteiger partial charge in [-0.05, 0) is 56.8 Å². The topological polar surface area (TPSA) is 32.3 Å². The molecule has 3 heteroatoms. The van der Waals surface area contributed by atoms with Gasteiger partial charge in [0.2, 0.25) is 5.91 Å². The van der Waals surface area contributed by atoms with Gasteiger partial charge in [-0.3, -0.25) is 9.69 Å². The van der Waals surface area contributed by atoms with Gasteiger partial charge in [-0.2, -0.15) is 0 Å². The zero-order valence-electron chi connectivity index (χ0n) is 14.8.